The molecule has 1 aliphatic heterocycles. The first-order valence-corrected chi connectivity index (χ1v) is 10.1. The van der Waals surface area contributed by atoms with Crippen LogP contribution in [0.25, 0.3) is 0 Å². The number of benzene rings is 2. The minimum Gasteiger partial charge on any atom is -0.246 e. The van der Waals surface area contributed by atoms with Gasteiger partial charge in [0.2, 0.25) is 0 Å². The van der Waals surface area contributed by atoms with E-state index in [1.165, 1.54) is 0 Å². The summed E-state index contributed by atoms with van der Waals surface area (Å²) in [5.74, 6) is -1.47. The molecule has 2 aromatic rings. The predicted octanol–water partition coefficient (Wildman–Crippen LogP) is 4.63. The standard InChI is InChI=1S/C24H28O6/c1-6-23(22(3,4)5,18-13-9-7-10-14-18)20(25)28-29-21(26)24(17(2)27-30-24)19-15-11-8-12-16-19/h7-17H,6H2,1-5H3. The lowest BCUT2D eigenvalue weighted by Crippen LogP contribution is -2.58. The van der Waals surface area contributed by atoms with Crippen LogP contribution in [-0.4, -0.2) is 18.0 Å². The monoisotopic (exact) mass is 412 g/mol. The van der Waals surface area contributed by atoms with Crippen molar-refractivity contribution in [2.45, 2.75) is 58.2 Å². The van der Waals surface area contributed by atoms with Crippen LogP contribution >= 0.6 is 0 Å². The average Bonchev–Trinajstić information content (AvgIpc) is 2.73. The molecule has 3 atom stereocenters. The first-order valence-electron chi connectivity index (χ1n) is 10.1. The third-order valence-electron chi connectivity index (χ3n) is 6.02. The fourth-order valence-corrected chi connectivity index (χ4v) is 4.19. The Morgan fingerprint density at radius 2 is 1.53 bits per heavy atom. The van der Waals surface area contributed by atoms with Crippen molar-refractivity contribution in [2.75, 3.05) is 0 Å². The molecule has 0 spiro atoms. The first kappa shape index (κ1) is 22.0. The van der Waals surface area contributed by atoms with Crippen LogP contribution < -0.4 is 0 Å². The highest BCUT2D eigenvalue weighted by molar-refractivity contribution is 5.86. The van der Waals surface area contributed by atoms with Gasteiger partial charge < -0.3 is 0 Å². The van der Waals surface area contributed by atoms with E-state index in [4.69, 9.17) is 19.6 Å². The summed E-state index contributed by atoms with van der Waals surface area (Å²) in [5.41, 5.74) is -1.62. The molecule has 0 bridgehead atoms. The highest BCUT2D eigenvalue weighted by Gasteiger charge is 2.60. The Kier molecular flexibility index (Phi) is 6.01. The van der Waals surface area contributed by atoms with Crippen LogP contribution in [0.2, 0.25) is 0 Å². The molecule has 1 fully saturated rings. The third-order valence-corrected chi connectivity index (χ3v) is 6.02. The summed E-state index contributed by atoms with van der Waals surface area (Å²) in [6, 6.07) is 18.2. The molecular formula is C24H28O6. The van der Waals surface area contributed by atoms with E-state index >= 15 is 0 Å². The average molecular weight is 412 g/mol. The Hall–Kier alpha value is -2.70. The van der Waals surface area contributed by atoms with Crippen LogP contribution in [0.4, 0.5) is 0 Å². The van der Waals surface area contributed by atoms with Crippen molar-refractivity contribution >= 4 is 11.9 Å². The lowest BCUT2D eigenvalue weighted by Gasteiger charge is -2.43. The summed E-state index contributed by atoms with van der Waals surface area (Å²) in [6.45, 7) is 9.49. The molecule has 0 saturated carbocycles. The molecule has 1 saturated heterocycles. The van der Waals surface area contributed by atoms with Crippen LogP contribution in [0.15, 0.2) is 60.7 Å². The highest BCUT2D eigenvalue weighted by atomic mass is 17.3. The number of rotatable bonds is 5. The number of hydrogen-bond acceptors (Lipinski definition) is 6. The zero-order valence-electron chi connectivity index (χ0n) is 18.0. The molecule has 0 aliphatic carbocycles. The van der Waals surface area contributed by atoms with Crippen LogP contribution in [0.1, 0.15) is 52.2 Å². The van der Waals surface area contributed by atoms with Gasteiger partial charge in [0.1, 0.15) is 11.5 Å². The van der Waals surface area contributed by atoms with Gasteiger partial charge in [-0.3, -0.25) is 0 Å². The SMILES string of the molecule is CCC(C(=O)OOC(=O)C1(c2ccccc2)OOC1C)(c1ccccc1)C(C)(C)C. The van der Waals surface area contributed by atoms with Crippen molar-refractivity contribution in [3.63, 3.8) is 0 Å². The molecule has 0 aromatic heterocycles. The lowest BCUT2D eigenvalue weighted by atomic mass is 9.61. The molecule has 30 heavy (non-hydrogen) atoms. The molecule has 1 heterocycles. The first-order chi connectivity index (χ1) is 14.2. The van der Waals surface area contributed by atoms with Gasteiger partial charge in [0, 0.05) is 5.56 Å². The Morgan fingerprint density at radius 1 is 0.967 bits per heavy atom. The van der Waals surface area contributed by atoms with Gasteiger partial charge in [-0.15, -0.1) is 0 Å². The van der Waals surface area contributed by atoms with Gasteiger partial charge in [-0.1, -0.05) is 88.4 Å². The van der Waals surface area contributed by atoms with Gasteiger partial charge >= 0.3 is 11.9 Å². The second kappa shape index (κ2) is 8.20. The van der Waals surface area contributed by atoms with Crippen molar-refractivity contribution < 1.29 is 29.1 Å². The van der Waals surface area contributed by atoms with E-state index in [1.807, 2.05) is 64.1 Å². The van der Waals surface area contributed by atoms with Crippen LogP contribution in [0.5, 0.6) is 0 Å². The molecule has 0 N–H and O–H groups in total. The Labute approximate surface area is 176 Å². The van der Waals surface area contributed by atoms with E-state index in [0.29, 0.717) is 12.0 Å². The summed E-state index contributed by atoms with van der Waals surface area (Å²) in [6.07, 6.45) is -0.129. The molecule has 1 aliphatic rings. The quantitative estimate of drug-likeness (QED) is 0.527. The van der Waals surface area contributed by atoms with Crippen molar-refractivity contribution in [1.82, 2.24) is 0 Å². The smallest absolute Gasteiger partial charge is 0.246 e. The van der Waals surface area contributed by atoms with Gasteiger partial charge in [0.15, 0.2) is 0 Å². The molecule has 160 valence electrons. The zero-order valence-corrected chi connectivity index (χ0v) is 18.0. The molecule has 6 nitrogen and oxygen atoms in total. The Morgan fingerprint density at radius 3 is 1.97 bits per heavy atom. The summed E-state index contributed by atoms with van der Waals surface area (Å²) < 4.78 is 0. The normalized spacial score (nSPS) is 23.0. The van der Waals surface area contributed by atoms with Gasteiger partial charge in [0.25, 0.3) is 5.60 Å². The van der Waals surface area contributed by atoms with Crippen LogP contribution in [0.3, 0.4) is 0 Å². The van der Waals surface area contributed by atoms with Gasteiger partial charge in [-0.05, 0) is 24.3 Å². The molecule has 0 radical (unpaired) electrons. The van der Waals surface area contributed by atoms with E-state index in [0.717, 1.165) is 5.56 Å². The van der Waals surface area contributed by atoms with Crippen LogP contribution in [-0.2, 0) is 40.2 Å². The predicted molar refractivity (Wildman–Crippen MR) is 110 cm³/mol. The Bertz CT molecular complexity index is 889. The van der Waals surface area contributed by atoms with Crippen molar-refractivity contribution in [3.05, 3.63) is 71.8 Å². The van der Waals surface area contributed by atoms with Crippen molar-refractivity contribution in [2.24, 2.45) is 5.41 Å². The van der Waals surface area contributed by atoms with E-state index in [1.54, 1.807) is 31.2 Å². The molecule has 0 amide bonds. The fraction of sp³-hybridized carbons (Fsp3) is 0.417. The van der Waals surface area contributed by atoms with E-state index in [9.17, 15) is 9.59 Å². The maximum Gasteiger partial charge on any atom is 0.397 e. The van der Waals surface area contributed by atoms with E-state index in [2.05, 4.69) is 0 Å². The molecule has 2 aromatic carbocycles. The Balaban J connectivity index is 1.86. The van der Waals surface area contributed by atoms with E-state index < -0.39 is 34.5 Å². The minimum atomic E-state index is -1.48. The lowest BCUT2D eigenvalue weighted by molar-refractivity contribution is -0.504. The van der Waals surface area contributed by atoms with Gasteiger partial charge in [0.05, 0.1) is 0 Å². The summed E-state index contributed by atoms with van der Waals surface area (Å²) in [4.78, 5) is 46.7. The fourth-order valence-electron chi connectivity index (χ4n) is 4.19. The summed E-state index contributed by atoms with van der Waals surface area (Å²) in [5, 5.41) is 0. The maximum atomic E-state index is 13.3. The highest BCUT2D eigenvalue weighted by Crippen LogP contribution is 2.46. The topological polar surface area (TPSA) is 71.1 Å². The summed E-state index contributed by atoms with van der Waals surface area (Å²) >= 11 is 0. The molecule has 3 rings (SSSR count). The maximum absolute atomic E-state index is 13.3. The minimum absolute atomic E-state index is 0.469. The number of carbonyl (C=O) groups is 2. The van der Waals surface area contributed by atoms with Crippen molar-refractivity contribution in [3.8, 4) is 0 Å². The van der Waals surface area contributed by atoms with Gasteiger partial charge in [-0.25, -0.2) is 29.1 Å². The number of hydrogen-bond donors (Lipinski definition) is 0. The van der Waals surface area contributed by atoms with Crippen molar-refractivity contribution in [1.29, 1.82) is 0 Å². The molecular weight excluding hydrogens is 384 g/mol. The zero-order chi connectivity index (χ0) is 22.0. The van der Waals surface area contributed by atoms with E-state index in [-0.39, 0.29) is 0 Å². The van der Waals surface area contributed by atoms with Gasteiger partial charge in [-0.2, -0.15) is 0 Å². The molecule has 3 unspecified atom stereocenters. The second-order valence-electron chi connectivity index (χ2n) is 8.54. The summed E-state index contributed by atoms with van der Waals surface area (Å²) in [7, 11) is 0. The third kappa shape index (κ3) is 3.40. The largest absolute Gasteiger partial charge is 0.397 e. The van der Waals surface area contributed by atoms with Crippen LogP contribution in [0, 0.1) is 5.41 Å². The number of carbonyl (C=O) groups excluding carboxylic acids is 2. The molecule has 6 heteroatoms. The second-order valence-corrected chi connectivity index (χ2v) is 8.54.